The highest BCUT2D eigenvalue weighted by molar-refractivity contribution is 5.82. The Bertz CT molecular complexity index is 457. The van der Waals surface area contributed by atoms with Crippen LogP contribution in [0.2, 0.25) is 0 Å². The highest BCUT2D eigenvalue weighted by atomic mass is 16.4. The predicted octanol–water partition coefficient (Wildman–Crippen LogP) is 1.40. The van der Waals surface area contributed by atoms with Gasteiger partial charge >= 0.3 is 5.97 Å². The van der Waals surface area contributed by atoms with E-state index in [9.17, 15) is 9.59 Å². The third kappa shape index (κ3) is 5.01. The molecule has 0 saturated carbocycles. The monoisotopic (exact) mass is 278 g/mol. The molecule has 0 heterocycles. The molecule has 5 nitrogen and oxygen atoms in total. The number of amides is 1. The van der Waals surface area contributed by atoms with Crippen molar-refractivity contribution < 1.29 is 14.7 Å². The number of aliphatic carboxylic acids is 1. The summed E-state index contributed by atoms with van der Waals surface area (Å²) in [5.74, 6) is -1.17. The van der Waals surface area contributed by atoms with E-state index in [0.29, 0.717) is 6.54 Å². The Kier molecular flexibility index (Phi) is 6.18. The van der Waals surface area contributed by atoms with Gasteiger partial charge in [0.05, 0.1) is 6.04 Å². The number of likely N-dealkylation sites (N-methyl/N-ethyl adjacent to an activating group) is 1. The van der Waals surface area contributed by atoms with E-state index >= 15 is 0 Å². The van der Waals surface area contributed by atoms with Crippen molar-refractivity contribution in [3.05, 3.63) is 35.4 Å². The maximum atomic E-state index is 12.0. The first-order valence-electron chi connectivity index (χ1n) is 6.74. The molecule has 0 saturated heterocycles. The molecule has 0 aliphatic heterocycles. The molecule has 1 aromatic carbocycles. The van der Waals surface area contributed by atoms with Crippen LogP contribution in [0.4, 0.5) is 0 Å². The van der Waals surface area contributed by atoms with Gasteiger partial charge in [0, 0.05) is 20.0 Å². The maximum Gasteiger partial charge on any atom is 0.303 e. The minimum atomic E-state index is -0.939. The van der Waals surface area contributed by atoms with Gasteiger partial charge in [-0.05, 0) is 24.0 Å². The number of hydrogen-bond donors (Lipinski definition) is 2. The third-order valence-corrected chi connectivity index (χ3v) is 3.21. The molecular weight excluding hydrogens is 256 g/mol. The normalized spacial score (nSPS) is 11.9. The maximum absolute atomic E-state index is 12.0. The SMILES string of the molecule is CCc1ccc(CN(C)C(=O)C(N)CCC(=O)O)cc1. The lowest BCUT2D eigenvalue weighted by molar-refractivity contribution is -0.137. The minimum absolute atomic E-state index is 0.0913. The summed E-state index contributed by atoms with van der Waals surface area (Å²) in [7, 11) is 1.68. The van der Waals surface area contributed by atoms with Crippen molar-refractivity contribution in [1.82, 2.24) is 4.90 Å². The molecule has 1 rings (SSSR count). The first kappa shape index (κ1) is 16.2. The van der Waals surface area contributed by atoms with Crippen molar-refractivity contribution in [2.45, 2.75) is 38.8 Å². The topological polar surface area (TPSA) is 83.6 Å². The second kappa shape index (κ2) is 7.65. The molecule has 0 fully saturated rings. The van der Waals surface area contributed by atoms with Crippen LogP contribution in [0.3, 0.4) is 0 Å². The molecule has 1 aromatic rings. The van der Waals surface area contributed by atoms with Gasteiger partial charge < -0.3 is 15.7 Å². The van der Waals surface area contributed by atoms with Gasteiger partial charge in [0.2, 0.25) is 5.91 Å². The zero-order chi connectivity index (χ0) is 15.1. The molecule has 1 unspecified atom stereocenters. The molecule has 0 aromatic heterocycles. The van der Waals surface area contributed by atoms with Crippen LogP contribution in [0.1, 0.15) is 30.9 Å². The number of nitrogens with zero attached hydrogens (tertiary/aromatic N) is 1. The lowest BCUT2D eigenvalue weighted by Gasteiger charge is -2.21. The van der Waals surface area contributed by atoms with Crippen molar-refractivity contribution in [3.63, 3.8) is 0 Å². The number of carboxylic acid groups (broad SMARTS) is 1. The van der Waals surface area contributed by atoms with Gasteiger partial charge in [-0.1, -0.05) is 31.2 Å². The summed E-state index contributed by atoms with van der Waals surface area (Å²) < 4.78 is 0. The lowest BCUT2D eigenvalue weighted by atomic mass is 10.1. The summed E-state index contributed by atoms with van der Waals surface area (Å²) in [6, 6.07) is 7.30. The fourth-order valence-corrected chi connectivity index (χ4v) is 1.92. The zero-order valence-corrected chi connectivity index (χ0v) is 12.0. The van der Waals surface area contributed by atoms with E-state index in [1.165, 1.54) is 10.5 Å². The van der Waals surface area contributed by atoms with Crippen molar-refractivity contribution >= 4 is 11.9 Å². The summed E-state index contributed by atoms with van der Waals surface area (Å²) in [5, 5.41) is 8.59. The number of carbonyl (C=O) groups excluding carboxylic acids is 1. The number of aryl methyl sites for hydroxylation is 1. The van der Waals surface area contributed by atoms with Crippen LogP contribution < -0.4 is 5.73 Å². The van der Waals surface area contributed by atoms with Gasteiger partial charge in [-0.3, -0.25) is 9.59 Å². The van der Waals surface area contributed by atoms with Crippen molar-refractivity contribution in [3.8, 4) is 0 Å². The van der Waals surface area contributed by atoms with Gasteiger partial charge in [0.25, 0.3) is 0 Å². The largest absolute Gasteiger partial charge is 0.481 e. The van der Waals surface area contributed by atoms with Crippen LogP contribution in [-0.2, 0) is 22.6 Å². The smallest absolute Gasteiger partial charge is 0.303 e. The van der Waals surface area contributed by atoms with Crippen molar-refractivity contribution in [2.24, 2.45) is 5.73 Å². The third-order valence-electron chi connectivity index (χ3n) is 3.21. The average molecular weight is 278 g/mol. The fourth-order valence-electron chi connectivity index (χ4n) is 1.92. The van der Waals surface area contributed by atoms with Gasteiger partial charge in [0.15, 0.2) is 0 Å². The van der Waals surface area contributed by atoms with E-state index in [2.05, 4.69) is 6.92 Å². The lowest BCUT2D eigenvalue weighted by Crippen LogP contribution is -2.41. The van der Waals surface area contributed by atoms with Crippen LogP contribution >= 0.6 is 0 Å². The minimum Gasteiger partial charge on any atom is -0.481 e. The molecule has 0 aliphatic rings. The molecule has 1 amide bonds. The molecule has 0 spiro atoms. The Balaban J connectivity index is 2.53. The average Bonchev–Trinajstić information content (AvgIpc) is 2.44. The number of carboxylic acids is 1. The predicted molar refractivity (Wildman–Crippen MR) is 77.1 cm³/mol. The Morgan fingerprint density at radius 2 is 1.80 bits per heavy atom. The highest BCUT2D eigenvalue weighted by Crippen LogP contribution is 2.09. The molecular formula is C15H22N2O3. The van der Waals surface area contributed by atoms with Gasteiger partial charge in [-0.15, -0.1) is 0 Å². The van der Waals surface area contributed by atoms with Gasteiger partial charge in [-0.25, -0.2) is 0 Å². The van der Waals surface area contributed by atoms with Crippen LogP contribution in [0.5, 0.6) is 0 Å². The van der Waals surface area contributed by atoms with Crippen LogP contribution in [0, 0.1) is 0 Å². The fraction of sp³-hybridized carbons (Fsp3) is 0.467. The number of hydrogen-bond acceptors (Lipinski definition) is 3. The van der Waals surface area contributed by atoms with E-state index in [1.807, 2.05) is 24.3 Å². The second-order valence-electron chi connectivity index (χ2n) is 4.90. The van der Waals surface area contributed by atoms with Crippen LogP contribution in [0.15, 0.2) is 24.3 Å². The summed E-state index contributed by atoms with van der Waals surface area (Å²) >= 11 is 0. The Hall–Kier alpha value is -1.88. The Labute approximate surface area is 119 Å². The highest BCUT2D eigenvalue weighted by Gasteiger charge is 2.18. The van der Waals surface area contributed by atoms with E-state index in [1.54, 1.807) is 7.05 Å². The molecule has 0 bridgehead atoms. The van der Waals surface area contributed by atoms with Crippen molar-refractivity contribution in [2.75, 3.05) is 7.05 Å². The molecule has 20 heavy (non-hydrogen) atoms. The van der Waals surface area contributed by atoms with E-state index in [0.717, 1.165) is 12.0 Å². The quantitative estimate of drug-likeness (QED) is 0.789. The number of benzene rings is 1. The molecule has 0 aliphatic carbocycles. The second-order valence-corrected chi connectivity index (χ2v) is 4.90. The molecule has 1 atom stereocenters. The first-order valence-corrected chi connectivity index (χ1v) is 6.74. The van der Waals surface area contributed by atoms with Crippen LogP contribution in [0.25, 0.3) is 0 Å². The zero-order valence-electron chi connectivity index (χ0n) is 12.0. The standard InChI is InChI=1S/C15H22N2O3/c1-3-11-4-6-12(7-5-11)10-17(2)15(20)13(16)8-9-14(18)19/h4-7,13H,3,8-10,16H2,1-2H3,(H,18,19). The Morgan fingerprint density at radius 1 is 1.25 bits per heavy atom. The van der Waals surface area contributed by atoms with Gasteiger partial charge in [0.1, 0.15) is 0 Å². The van der Waals surface area contributed by atoms with E-state index < -0.39 is 12.0 Å². The number of nitrogens with two attached hydrogens (primary N) is 1. The van der Waals surface area contributed by atoms with Crippen molar-refractivity contribution in [1.29, 1.82) is 0 Å². The number of carbonyl (C=O) groups is 2. The Morgan fingerprint density at radius 3 is 2.30 bits per heavy atom. The molecule has 110 valence electrons. The van der Waals surface area contributed by atoms with Crippen LogP contribution in [-0.4, -0.2) is 35.0 Å². The molecule has 3 N–H and O–H groups in total. The molecule has 0 radical (unpaired) electrons. The van der Waals surface area contributed by atoms with E-state index in [4.69, 9.17) is 10.8 Å². The summed E-state index contributed by atoms with van der Waals surface area (Å²) in [4.78, 5) is 24.0. The van der Waals surface area contributed by atoms with E-state index in [-0.39, 0.29) is 18.7 Å². The summed E-state index contributed by atoms with van der Waals surface area (Å²) in [6.07, 6.45) is 1.05. The summed E-state index contributed by atoms with van der Waals surface area (Å²) in [6.45, 7) is 2.57. The van der Waals surface area contributed by atoms with Gasteiger partial charge in [-0.2, -0.15) is 0 Å². The first-order chi connectivity index (χ1) is 9.43. The number of rotatable bonds is 7. The molecule has 5 heteroatoms. The summed E-state index contributed by atoms with van der Waals surface area (Å²) in [5.41, 5.74) is 7.99.